The smallest absolute Gasteiger partial charge is 0.348 e. The van der Waals surface area contributed by atoms with Crippen LogP contribution >= 0.6 is 11.3 Å². The van der Waals surface area contributed by atoms with E-state index < -0.39 is 18.1 Å². The van der Waals surface area contributed by atoms with Crippen LogP contribution in [0.15, 0.2) is 17.5 Å². The van der Waals surface area contributed by atoms with E-state index in [-0.39, 0.29) is 31.2 Å². The SMILES string of the molecule is CC(=O)N[C@H](CC(=O)N1CCC[C@@H](C(F)(F)F)C1)c1cccs1. The summed E-state index contributed by atoms with van der Waals surface area (Å²) in [5.41, 5.74) is 0. The molecule has 1 aliphatic rings. The molecule has 128 valence electrons. The average Bonchev–Trinajstić information content (AvgIpc) is 2.99. The molecule has 0 aliphatic carbocycles. The van der Waals surface area contributed by atoms with E-state index in [0.29, 0.717) is 13.0 Å². The molecule has 0 unspecified atom stereocenters. The summed E-state index contributed by atoms with van der Waals surface area (Å²) in [5.74, 6) is -2.09. The Morgan fingerprint density at radius 2 is 2.22 bits per heavy atom. The Balaban J connectivity index is 2.02. The van der Waals surface area contributed by atoms with Gasteiger partial charge in [-0.05, 0) is 24.3 Å². The van der Waals surface area contributed by atoms with E-state index in [1.807, 2.05) is 5.38 Å². The highest BCUT2D eigenvalue weighted by Crippen LogP contribution is 2.33. The number of nitrogens with zero attached hydrogens (tertiary/aromatic N) is 1. The topological polar surface area (TPSA) is 49.4 Å². The number of halogens is 3. The second kappa shape index (κ2) is 7.33. The van der Waals surface area contributed by atoms with Crippen molar-refractivity contribution in [3.63, 3.8) is 0 Å². The number of likely N-dealkylation sites (tertiary alicyclic amines) is 1. The third-order valence-corrected chi connectivity index (χ3v) is 4.87. The van der Waals surface area contributed by atoms with Gasteiger partial charge in [0.1, 0.15) is 0 Å². The number of hydrogen-bond donors (Lipinski definition) is 1. The summed E-state index contributed by atoms with van der Waals surface area (Å²) in [5, 5.41) is 4.52. The summed E-state index contributed by atoms with van der Waals surface area (Å²) in [4.78, 5) is 25.8. The summed E-state index contributed by atoms with van der Waals surface area (Å²) in [6, 6.07) is 3.11. The van der Waals surface area contributed by atoms with Crippen LogP contribution in [0.4, 0.5) is 13.2 Å². The van der Waals surface area contributed by atoms with Gasteiger partial charge in [-0.3, -0.25) is 9.59 Å². The Labute approximate surface area is 136 Å². The number of piperidine rings is 1. The van der Waals surface area contributed by atoms with Crippen LogP contribution in [0.1, 0.15) is 37.1 Å². The number of amides is 2. The summed E-state index contributed by atoms with van der Waals surface area (Å²) in [6.45, 7) is 1.40. The van der Waals surface area contributed by atoms with Crippen LogP contribution in [0.2, 0.25) is 0 Å². The van der Waals surface area contributed by atoms with Crippen LogP contribution in [0.5, 0.6) is 0 Å². The van der Waals surface area contributed by atoms with Crippen molar-refractivity contribution in [2.45, 2.75) is 38.4 Å². The number of nitrogens with one attached hydrogen (secondary N) is 1. The van der Waals surface area contributed by atoms with Gasteiger partial charge in [0.2, 0.25) is 11.8 Å². The predicted octanol–water partition coefficient (Wildman–Crippen LogP) is 3.12. The van der Waals surface area contributed by atoms with Crippen molar-refractivity contribution >= 4 is 23.2 Å². The number of rotatable bonds is 4. The molecule has 1 aromatic rings. The Morgan fingerprint density at radius 3 is 2.78 bits per heavy atom. The van der Waals surface area contributed by atoms with Gasteiger partial charge in [-0.2, -0.15) is 13.2 Å². The molecule has 1 aliphatic heterocycles. The van der Waals surface area contributed by atoms with Crippen LogP contribution < -0.4 is 5.32 Å². The Hall–Kier alpha value is -1.57. The lowest BCUT2D eigenvalue weighted by molar-refractivity contribution is -0.188. The average molecular weight is 348 g/mol. The lowest BCUT2D eigenvalue weighted by Gasteiger charge is -2.34. The quantitative estimate of drug-likeness (QED) is 0.909. The zero-order valence-electron chi connectivity index (χ0n) is 12.7. The van der Waals surface area contributed by atoms with E-state index in [4.69, 9.17) is 0 Å². The van der Waals surface area contributed by atoms with E-state index in [1.54, 1.807) is 12.1 Å². The fraction of sp³-hybridized carbons (Fsp3) is 0.600. The van der Waals surface area contributed by atoms with Crippen LogP contribution in [0, 0.1) is 5.92 Å². The van der Waals surface area contributed by atoms with Crippen molar-refractivity contribution in [3.05, 3.63) is 22.4 Å². The van der Waals surface area contributed by atoms with Gasteiger partial charge in [0.05, 0.1) is 18.4 Å². The highest BCUT2D eigenvalue weighted by Gasteiger charge is 2.42. The Kier molecular flexibility index (Phi) is 5.67. The van der Waals surface area contributed by atoms with Crippen LogP contribution in [0.25, 0.3) is 0 Å². The van der Waals surface area contributed by atoms with Crippen molar-refractivity contribution in [1.29, 1.82) is 0 Å². The van der Waals surface area contributed by atoms with E-state index in [0.717, 1.165) is 4.88 Å². The molecule has 4 nitrogen and oxygen atoms in total. The number of carbonyl (C=O) groups excluding carboxylic acids is 2. The molecule has 2 amide bonds. The third kappa shape index (κ3) is 4.95. The van der Waals surface area contributed by atoms with Gasteiger partial charge < -0.3 is 10.2 Å². The molecule has 2 rings (SSSR count). The first-order valence-electron chi connectivity index (χ1n) is 7.42. The molecule has 1 N–H and O–H groups in total. The molecule has 2 heterocycles. The van der Waals surface area contributed by atoms with Gasteiger partial charge in [-0.25, -0.2) is 0 Å². The normalized spacial score (nSPS) is 20.2. The molecular weight excluding hydrogens is 329 g/mol. The Bertz CT molecular complexity index is 545. The number of carbonyl (C=O) groups is 2. The standard InChI is InChI=1S/C15H19F3N2O2S/c1-10(21)19-12(13-5-3-7-23-13)8-14(22)20-6-2-4-11(9-20)15(16,17)18/h3,5,7,11-12H,2,4,6,8-9H2,1H3,(H,19,21)/t11-,12-/m1/s1. The van der Waals surface area contributed by atoms with Gasteiger partial charge in [0.15, 0.2) is 0 Å². The first-order valence-corrected chi connectivity index (χ1v) is 8.30. The zero-order valence-corrected chi connectivity index (χ0v) is 13.5. The molecule has 0 saturated carbocycles. The summed E-state index contributed by atoms with van der Waals surface area (Å²) >= 11 is 1.40. The highest BCUT2D eigenvalue weighted by molar-refractivity contribution is 7.10. The Morgan fingerprint density at radius 1 is 1.48 bits per heavy atom. The molecule has 0 bridgehead atoms. The molecule has 8 heteroatoms. The number of alkyl halides is 3. The molecule has 0 spiro atoms. The van der Waals surface area contributed by atoms with Crippen molar-refractivity contribution in [1.82, 2.24) is 10.2 Å². The van der Waals surface area contributed by atoms with Crippen molar-refractivity contribution < 1.29 is 22.8 Å². The first kappa shape index (κ1) is 17.8. The van der Waals surface area contributed by atoms with Gasteiger partial charge in [-0.15, -0.1) is 11.3 Å². The van der Waals surface area contributed by atoms with Crippen LogP contribution in [-0.4, -0.2) is 36.0 Å². The van der Waals surface area contributed by atoms with Crippen LogP contribution in [-0.2, 0) is 9.59 Å². The van der Waals surface area contributed by atoms with E-state index in [9.17, 15) is 22.8 Å². The molecule has 1 fully saturated rings. The molecular formula is C15H19F3N2O2S. The maximum absolute atomic E-state index is 12.8. The van der Waals surface area contributed by atoms with Crippen molar-refractivity contribution in [2.75, 3.05) is 13.1 Å². The monoisotopic (exact) mass is 348 g/mol. The largest absolute Gasteiger partial charge is 0.393 e. The zero-order chi connectivity index (χ0) is 17.0. The minimum absolute atomic E-state index is 0.0231. The summed E-state index contributed by atoms with van der Waals surface area (Å²) in [6.07, 6.45) is -3.89. The third-order valence-electron chi connectivity index (χ3n) is 3.88. The van der Waals surface area contributed by atoms with Crippen molar-refractivity contribution in [3.8, 4) is 0 Å². The van der Waals surface area contributed by atoms with Crippen molar-refractivity contribution in [2.24, 2.45) is 5.92 Å². The van der Waals surface area contributed by atoms with Gasteiger partial charge in [0.25, 0.3) is 0 Å². The van der Waals surface area contributed by atoms with Crippen LogP contribution in [0.3, 0.4) is 0 Å². The maximum atomic E-state index is 12.8. The fourth-order valence-electron chi connectivity index (χ4n) is 2.73. The molecule has 0 radical (unpaired) electrons. The minimum atomic E-state index is -4.27. The van der Waals surface area contributed by atoms with Gasteiger partial charge in [-0.1, -0.05) is 6.07 Å². The lowest BCUT2D eigenvalue weighted by atomic mass is 9.97. The predicted molar refractivity (Wildman–Crippen MR) is 80.9 cm³/mol. The molecule has 23 heavy (non-hydrogen) atoms. The first-order chi connectivity index (χ1) is 10.8. The maximum Gasteiger partial charge on any atom is 0.393 e. The molecule has 0 aromatic carbocycles. The van der Waals surface area contributed by atoms with E-state index in [1.165, 1.54) is 23.2 Å². The van der Waals surface area contributed by atoms with Gasteiger partial charge >= 0.3 is 6.18 Å². The minimum Gasteiger partial charge on any atom is -0.348 e. The summed E-state index contributed by atoms with van der Waals surface area (Å²) < 4.78 is 38.5. The van der Waals surface area contributed by atoms with E-state index >= 15 is 0 Å². The number of hydrogen-bond acceptors (Lipinski definition) is 3. The van der Waals surface area contributed by atoms with Gasteiger partial charge in [0, 0.05) is 24.9 Å². The van der Waals surface area contributed by atoms with E-state index in [2.05, 4.69) is 5.32 Å². The molecule has 1 saturated heterocycles. The summed E-state index contributed by atoms with van der Waals surface area (Å²) in [7, 11) is 0. The second-order valence-corrected chi connectivity index (χ2v) is 6.67. The number of thiophene rings is 1. The molecule has 1 aromatic heterocycles. The molecule has 2 atom stereocenters. The highest BCUT2D eigenvalue weighted by atomic mass is 32.1. The second-order valence-electron chi connectivity index (χ2n) is 5.69. The lowest BCUT2D eigenvalue weighted by Crippen LogP contribution is -2.45. The fourth-order valence-corrected chi connectivity index (χ4v) is 3.51.